The van der Waals surface area contributed by atoms with Gasteiger partial charge in [-0.25, -0.2) is 0 Å². The van der Waals surface area contributed by atoms with Crippen molar-refractivity contribution in [2.75, 3.05) is 0 Å². The van der Waals surface area contributed by atoms with Gasteiger partial charge in [-0.15, -0.1) is 47.2 Å². The molecular formula is C10H7BrZn. The van der Waals surface area contributed by atoms with E-state index >= 15 is 0 Å². The third-order valence-corrected chi connectivity index (χ3v) is 1.57. The van der Waals surface area contributed by atoms with Crippen LogP contribution in [-0.4, -0.2) is 0 Å². The Labute approximate surface area is 89.0 Å². The molecule has 0 saturated heterocycles. The van der Waals surface area contributed by atoms with Gasteiger partial charge in [0.1, 0.15) is 0 Å². The molecule has 0 aliphatic heterocycles. The van der Waals surface area contributed by atoms with Gasteiger partial charge in [0.05, 0.1) is 0 Å². The van der Waals surface area contributed by atoms with Gasteiger partial charge >= 0.3 is 30.0 Å². The van der Waals surface area contributed by atoms with Crippen LogP contribution in [0.15, 0.2) is 42.5 Å². The van der Waals surface area contributed by atoms with Crippen molar-refractivity contribution in [3.05, 3.63) is 48.5 Å². The van der Waals surface area contributed by atoms with E-state index in [0.717, 1.165) is 0 Å². The zero-order chi connectivity index (χ0) is 8.81. The first kappa shape index (κ1) is 9.89. The number of rotatable bonds is 0. The van der Waals surface area contributed by atoms with Gasteiger partial charge in [0.15, 0.2) is 0 Å². The third-order valence-electron chi connectivity index (χ3n) is 1.57. The molecule has 0 fully saturated rings. The van der Waals surface area contributed by atoms with Crippen molar-refractivity contribution in [3.63, 3.8) is 0 Å². The minimum Gasteiger partial charge on any atom is -0.147 e. The Balaban J connectivity index is 0.000000336. The Hall–Kier alpha value is -0.197. The minimum absolute atomic E-state index is 1.19. The van der Waals surface area contributed by atoms with E-state index in [9.17, 15) is 0 Å². The van der Waals surface area contributed by atoms with Gasteiger partial charge in [0, 0.05) is 0 Å². The fourth-order valence-corrected chi connectivity index (χ4v) is 1.06. The molecule has 0 saturated carbocycles. The van der Waals surface area contributed by atoms with Crippen LogP contribution >= 0.6 is 13.6 Å². The molecule has 0 N–H and O–H groups in total. The minimum atomic E-state index is 1.19. The fourth-order valence-electron chi connectivity index (χ4n) is 1.06. The second kappa shape index (κ2) is 5.45. The maximum Gasteiger partial charge on any atom is -0.0801 e. The van der Waals surface area contributed by atoms with E-state index in [2.05, 4.69) is 37.9 Å². The second-order valence-electron chi connectivity index (χ2n) is 2.26. The summed E-state index contributed by atoms with van der Waals surface area (Å²) in [6.07, 6.45) is 0. The summed E-state index contributed by atoms with van der Waals surface area (Å²) in [6.45, 7) is 0. The van der Waals surface area contributed by atoms with Crippen molar-refractivity contribution in [2.24, 2.45) is 0 Å². The Bertz CT molecular complexity index is 281. The number of hydrogen-bond donors (Lipinski definition) is 0. The van der Waals surface area contributed by atoms with E-state index in [4.69, 9.17) is 0 Å². The number of fused-ring (bicyclic) bond motifs is 1. The van der Waals surface area contributed by atoms with Crippen LogP contribution in [0.4, 0.5) is 0 Å². The van der Waals surface area contributed by atoms with Crippen molar-refractivity contribution in [1.82, 2.24) is 0 Å². The Morgan fingerprint density at radius 2 is 1.67 bits per heavy atom. The number of hydrogen-bond acceptors (Lipinski definition) is 0. The Morgan fingerprint density at radius 3 is 2.42 bits per heavy atom. The van der Waals surface area contributed by atoms with Crippen molar-refractivity contribution in [2.45, 2.75) is 0 Å². The summed E-state index contributed by atoms with van der Waals surface area (Å²) in [4.78, 5) is 0. The molecule has 0 radical (unpaired) electrons. The smallest absolute Gasteiger partial charge is 0.0801 e. The molecule has 0 heterocycles. The van der Waals surface area contributed by atoms with Gasteiger partial charge in [-0.3, -0.25) is 0 Å². The van der Waals surface area contributed by atoms with Gasteiger partial charge in [-0.2, -0.15) is 0 Å². The summed E-state index contributed by atoms with van der Waals surface area (Å²) in [7, 11) is 0. The molecule has 0 atom stereocenters. The SMILES string of the molecule is [Zn+][Br].[c-]1cccc2ccccc12. The van der Waals surface area contributed by atoms with Crippen LogP contribution < -0.4 is 0 Å². The number of benzene rings is 2. The van der Waals surface area contributed by atoms with Crippen molar-refractivity contribution in [3.8, 4) is 0 Å². The Morgan fingerprint density at radius 1 is 1.00 bits per heavy atom. The number of halogens is 1. The van der Waals surface area contributed by atoms with Gasteiger partial charge in [0.25, 0.3) is 0 Å². The molecule has 12 heavy (non-hydrogen) atoms. The van der Waals surface area contributed by atoms with E-state index in [-0.39, 0.29) is 0 Å². The summed E-state index contributed by atoms with van der Waals surface area (Å²) in [5.74, 6) is 0. The van der Waals surface area contributed by atoms with Gasteiger partial charge in [-0.1, -0.05) is 12.1 Å². The zero-order valence-electron chi connectivity index (χ0n) is 6.63. The van der Waals surface area contributed by atoms with Crippen molar-refractivity contribution < 1.29 is 16.3 Å². The predicted molar refractivity (Wildman–Crippen MR) is 51.7 cm³/mol. The standard InChI is InChI=1S/C10H7.BrH.Zn/c1-2-6-10-8-4-3-7-9(10)5-1;;/h1-7H;1H;/q-1;;+2/p-1. The van der Waals surface area contributed by atoms with E-state index in [0.29, 0.717) is 0 Å². The molecule has 0 unspecified atom stereocenters. The summed E-state index contributed by atoms with van der Waals surface area (Å²) in [5, 5.41) is 2.44. The van der Waals surface area contributed by atoms with E-state index in [1.807, 2.05) is 24.3 Å². The van der Waals surface area contributed by atoms with Crippen LogP contribution in [0.3, 0.4) is 0 Å². The first-order chi connectivity index (χ1) is 5.97. The summed E-state index contributed by atoms with van der Waals surface area (Å²) >= 11 is 4.25. The van der Waals surface area contributed by atoms with Crippen LogP contribution in [0.25, 0.3) is 10.8 Å². The third kappa shape index (κ3) is 2.40. The molecule has 2 aromatic carbocycles. The average molecular weight is 272 g/mol. The quantitative estimate of drug-likeness (QED) is 0.509. The van der Waals surface area contributed by atoms with E-state index in [1.54, 1.807) is 0 Å². The topological polar surface area (TPSA) is 0 Å². The molecule has 2 aromatic rings. The summed E-state index contributed by atoms with van der Waals surface area (Å²) in [6, 6.07) is 17.4. The van der Waals surface area contributed by atoms with Crippen LogP contribution in [0.5, 0.6) is 0 Å². The van der Waals surface area contributed by atoms with Crippen molar-refractivity contribution >= 4 is 24.4 Å². The zero-order valence-corrected chi connectivity index (χ0v) is 11.2. The molecular weight excluding hydrogens is 265 g/mol. The molecule has 0 aliphatic rings. The molecule has 0 aliphatic carbocycles. The molecule has 0 bridgehead atoms. The molecule has 0 amide bonds. The molecule has 2 rings (SSSR count). The summed E-state index contributed by atoms with van der Waals surface area (Å²) < 4.78 is 0. The molecule has 56 valence electrons. The summed E-state index contributed by atoms with van der Waals surface area (Å²) in [5.41, 5.74) is 0. The maximum absolute atomic E-state index is 3.15. The van der Waals surface area contributed by atoms with Crippen LogP contribution in [0.2, 0.25) is 0 Å². The second-order valence-corrected chi connectivity index (χ2v) is 2.26. The molecule has 2 heteroatoms. The molecule has 0 aromatic heterocycles. The van der Waals surface area contributed by atoms with Crippen LogP contribution in [0.1, 0.15) is 0 Å². The molecule has 0 spiro atoms. The van der Waals surface area contributed by atoms with Gasteiger partial charge in [-0.05, 0) is 0 Å². The van der Waals surface area contributed by atoms with E-state index < -0.39 is 0 Å². The first-order valence-corrected chi connectivity index (χ1v) is 10.5. The fraction of sp³-hybridized carbons (Fsp3) is 0. The monoisotopic (exact) mass is 270 g/mol. The Kier molecular flexibility index (Phi) is 4.49. The largest absolute Gasteiger partial charge is 0.147 e. The van der Waals surface area contributed by atoms with Crippen LogP contribution in [0, 0.1) is 6.07 Å². The normalized spacial score (nSPS) is 8.92. The average Bonchev–Trinajstić information content (AvgIpc) is 2.21. The van der Waals surface area contributed by atoms with Crippen molar-refractivity contribution in [1.29, 1.82) is 0 Å². The van der Waals surface area contributed by atoms with Crippen LogP contribution in [-0.2, 0) is 16.3 Å². The van der Waals surface area contributed by atoms with Gasteiger partial charge in [0.2, 0.25) is 0 Å². The van der Waals surface area contributed by atoms with E-state index in [1.165, 1.54) is 27.1 Å². The van der Waals surface area contributed by atoms with Gasteiger partial charge < -0.3 is 0 Å². The molecule has 0 nitrogen and oxygen atoms in total. The maximum atomic E-state index is 3.15. The first-order valence-electron chi connectivity index (χ1n) is 3.59. The predicted octanol–water partition coefficient (Wildman–Crippen LogP) is 3.48.